The molecule has 0 saturated heterocycles. The van der Waals surface area contributed by atoms with Gasteiger partial charge in [0.1, 0.15) is 0 Å². The van der Waals surface area contributed by atoms with Crippen molar-refractivity contribution in [3.63, 3.8) is 0 Å². The highest BCUT2D eigenvalue weighted by Gasteiger charge is 2.39. The molecule has 0 N–H and O–H groups in total. The van der Waals surface area contributed by atoms with Crippen molar-refractivity contribution < 1.29 is 4.79 Å². The summed E-state index contributed by atoms with van der Waals surface area (Å²) in [7, 11) is 0. The summed E-state index contributed by atoms with van der Waals surface area (Å²) in [6.45, 7) is 8.52. The Morgan fingerprint density at radius 3 is 2.30 bits per heavy atom. The van der Waals surface area contributed by atoms with E-state index in [0.29, 0.717) is 23.5 Å². The van der Waals surface area contributed by atoms with Gasteiger partial charge in [0.05, 0.1) is 0 Å². The Labute approximate surface area is 165 Å². The van der Waals surface area contributed by atoms with Crippen LogP contribution in [-0.4, -0.2) is 5.78 Å². The molecule has 0 spiro atoms. The Balaban J connectivity index is 0.00000102. The first-order chi connectivity index (χ1) is 13.1. The van der Waals surface area contributed by atoms with Crippen LogP contribution < -0.4 is 0 Å². The number of carbonyl (C=O) groups is 1. The molecule has 0 bridgehead atoms. The lowest BCUT2D eigenvalue weighted by Crippen LogP contribution is -2.35. The molecule has 4 rings (SSSR count). The molecule has 1 fully saturated rings. The highest BCUT2D eigenvalue weighted by atomic mass is 16.1. The topological polar surface area (TPSA) is 17.1 Å². The summed E-state index contributed by atoms with van der Waals surface area (Å²) in [6.07, 6.45) is 5.75. The summed E-state index contributed by atoms with van der Waals surface area (Å²) in [5, 5.41) is 0. The number of carbonyl (C=O) groups excluding carboxylic acids is 1. The van der Waals surface area contributed by atoms with Gasteiger partial charge in [-0.25, -0.2) is 0 Å². The van der Waals surface area contributed by atoms with Crippen LogP contribution in [0.1, 0.15) is 79.4 Å². The van der Waals surface area contributed by atoms with Crippen LogP contribution in [0.15, 0.2) is 48.5 Å². The minimum absolute atomic E-state index is 0.240. The van der Waals surface area contributed by atoms with Crippen LogP contribution in [0.25, 0.3) is 0 Å². The third kappa shape index (κ3) is 4.18. The Morgan fingerprint density at radius 1 is 0.889 bits per heavy atom. The maximum atomic E-state index is 13.1. The molecular formula is C26H34O. The minimum atomic E-state index is 0.240. The van der Waals surface area contributed by atoms with Crippen LogP contribution in [0.4, 0.5) is 0 Å². The first-order valence-electron chi connectivity index (χ1n) is 10.8. The van der Waals surface area contributed by atoms with E-state index in [1.807, 2.05) is 26.0 Å². The van der Waals surface area contributed by atoms with Crippen molar-refractivity contribution in [2.75, 3.05) is 0 Å². The van der Waals surface area contributed by atoms with Crippen molar-refractivity contribution >= 4 is 5.78 Å². The van der Waals surface area contributed by atoms with Gasteiger partial charge in [-0.15, -0.1) is 0 Å². The fourth-order valence-electron chi connectivity index (χ4n) is 5.19. The molecule has 0 aliphatic heterocycles. The summed E-state index contributed by atoms with van der Waals surface area (Å²) in [5.74, 6) is 2.50. The average molecular weight is 363 g/mol. The van der Waals surface area contributed by atoms with Crippen molar-refractivity contribution in [2.24, 2.45) is 17.8 Å². The van der Waals surface area contributed by atoms with Gasteiger partial charge in [-0.3, -0.25) is 4.79 Å². The predicted molar refractivity (Wildman–Crippen MR) is 114 cm³/mol. The molecule has 0 amide bonds. The molecule has 2 aliphatic carbocycles. The van der Waals surface area contributed by atoms with Crippen LogP contribution in [0.2, 0.25) is 0 Å². The van der Waals surface area contributed by atoms with Gasteiger partial charge in [0.2, 0.25) is 0 Å². The zero-order valence-electron chi connectivity index (χ0n) is 17.4. The van der Waals surface area contributed by atoms with Gasteiger partial charge in [0.15, 0.2) is 5.78 Å². The van der Waals surface area contributed by atoms with Crippen molar-refractivity contribution in [2.45, 2.75) is 65.7 Å². The van der Waals surface area contributed by atoms with E-state index in [9.17, 15) is 4.79 Å². The number of Topliss-reactive ketones (excluding diaryl/α,β-unsaturated/α-hetero) is 1. The first-order valence-corrected chi connectivity index (χ1v) is 10.8. The molecule has 1 saturated carbocycles. The molecule has 4 unspecified atom stereocenters. The summed E-state index contributed by atoms with van der Waals surface area (Å²) in [6, 6.07) is 17.3. The number of ketones is 1. The van der Waals surface area contributed by atoms with Crippen LogP contribution in [-0.2, 0) is 6.42 Å². The second-order valence-corrected chi connectivity index (χ2v) is 8.23. The summed E-state index contributed by atoms with van der Waals surface area (Å²) < 4.78 is 0. The van der Waals surface area contributed by atoms with E-state index < -0.39 is 0 Å². The fourth-order valence-corrected chi connectivity index (χ4v) is 5.19. The second-order valence-electron chi connectivity index (χ2n) is 8.23. The fraction of sp³-hybridized carbons (Fsp3) is 0.500. The van der Waals surface area contributed by atoms with E-state index in [2.05, 4.69) is 50.2 Å². The molecule has 2 aromatic rings. The molecule has 2 aliphatic rings. The van der Waals surface area contributed by atoms with Crippen LogP contribution in [0.3, 0.4) is 0 Å². The quantitative estimate of drug-likeness (QED) is 0.563. The predicted octanol–water partition coefficient (Wildman–Crippen LogP) is 6.99. The summed E-state index contributed by atoms with van der Waals surface area (Å²) >= 11 is 0. The lowest BCUT2D eigenvalue weighted by molar-refractivity contribution is 0.0745. The van der Waals surface area contributed by atoms with Crippen LogP contribution in [0, 0.1) is 24.7 Å². The summed E-state index contributed by atoms with van der Waals surface area (Å²) in [5.41, 5.74) is 5.06. The van der Waals surface area contributed by atoms with E-state index in [1.165, 1.54) is 36.0 Å². The Bertz CT molecular complexity index is 758. The van der Waals surface area contributed by atoms with Crippen molar-refractivity contribution in [1.82, 2.24) is 0 Å². The minimum Gasteiger partial charge on any atom is -0.294 e. The number of aryl methyl sites for hydroxylation is 2. The van der Waals surface area contributed by atoms with E-state index >= 15 is 0 Å². The number of hydrogen-bond donors (Lipinski definition) is 0. The van der Waals surface area contributed by atoms with Crippen molar-refractivity contribution in [3.05, 3.63) is 70.8 Å². The van der Waals surface area contributed by atoms with Crippen LogP contribution in [0.5, 0.6) is 0 Å². The van der Waals surface area contributed by atoms with Gasteiger partial charge >= 0.3 is 0 Å². The number of benzene rings is 2. The molecule has 2 aromatic carbocycles. The Kier molecular flexibility index (Phi) is 6.52. The van der Waals surface area contributed by atoms with Gasteiger partial charge < -0.3 is 0 Å². The normalized spacial score (nSPS) is 27.3. The molecule has 4 atom stereocenters. The zero-order valence-corrected chi connectivity index (χ0v) is 17.4. The second kappa shape index (κ2) is 8.87. The number of fused-ring (bicyclic) bond motifs is 1. The van der Waals surface area contributed by atoms with Gasteiger partial charge in [-0.2, -0.15) is 0 Å². The number of rotatable bonds is 2. The monoisotopic (exact) mass is 362 g/mol. The third-order valence-corrected chi connectivity index (χ3v) is 6.65. The molecule has 27 heavy (non-hydrogen) atoms. The standard InChI is InChI=1S/C24H28O.C2H6/c1-16-7-9-18(10-8-16)20-12-13-21(17(2)15-20)23-14-11-19-5-3-4-6-22(19)24(23)25;1-2/h3-10,17,20-21,23H,11-15H2,1-2H3;1-2H3. The third-order valence-electron chi connectivity index (χ3n) is 6.65. The molecular weight excluding hydrogens is 328 g/mol. The molecule has 0 radical (unpaired) electrons. The van der Waals surface area contributed by atoms with E-state index in [-0.39, 0.29) is 5.92 Å². The Morgan fingerprint density at radius 2 is 1.59 bits per heavy atom. The van der Waals surface area contributed by atoms with Crippen molar-refractivity contribution in [1.29, 1.82) is 0 Å². The highest BCUT2D eigenvalue weighted by Crippen LogP contribution is 2.45. The first kappa shape index (κ1) is 19.9. The largest absolute Gasteiger partial charge is 0.294 e. The lowest BCUT2D eigenvalue weighted by Gasteiger charge is -2.40. The Hall–Kier alpha value is -1.89. The highest BCUT2D eigenvalue weighted by molar-refractivity contribution is 6.00. The van der Waals surface area contributed by atoms with E-state index in [0.717, 1.165) is 18.4 Å². The lowest BCUT2D eigenvalue weighted by atomic mass is 9.64. The van der Waals surface area contributed by atoms with Gasteiger partial charge in [-0.05, 0) is 67.9 Å². The molecule has 0 heterocycles. The SMILES string of the molecule is CC.Cc1ccc(C2CCC(C3CCc4ccccc4C3=O)C(C)C2)cc1. The molecule has 144 valence electrons. The molecule has 1 nitrogen and oxygen atoms in total. The van der Waals surface area contributed by atoms with Gasteiger partial charge in [0, 0.05) is 11.5 Å². The molecule has 0 aromatic heterocycles. The number of hydrogen-bond acceptors (Lipinski definition) is 1. The van der Waals surface area contributed by atoms with E-state index in [4.69, 9.17) is 0 Å². The average Bonchev–Trinajstić information content (AvgIpc) is 2.71. The maximum absolute atomic E-state index is 13.1. The smallest absolute Gasteiger partial charge is 0.166 e. The summed E-state index contributed by atoms with van der Waals surface area (Å²) in [4.78, 5) is 13.1. The van der Waals surface area contributed by atoms with E-state index in [1.54, 1.807) is 0 Å². The zero-order chi connectivity index (χ0) is 19.4. The van der Waals surface area contributed by atoms with Crippen molar-refractivity contribution in [3.8, 4) is 0 Å². The van der Waals surface area contributed by atoms with Crippen LogP contribution >= 0.6 is 0 Å². The maximum Gasteiger partial charge on any atom is 0.166 e. The van der Waals surface area contributed by atoms with Gasteiger partial charge in [0.25, 0.3) is 0 Å². The van der Waals surface area contributed by atoms with Gasteiger partial charge in [-0.1, -0.05) is 74.9 Å². The molecule has 1 heteroatoms.